The second kappa shape index (κ2) is 6.48. The fraction of sp³-hybridized carbons (Fsp3) is 0.125. The van der Waals surface area contributed by atoms with Gasteiger partial charge in [0.2, 0.25) is 0 Å². The van der Waals surface area contributed by atoms with Crippen LogP contribution in [0.2, 0.25) is 0 Å². The van der Waals surface area contributed by atoms with Crippen LogP contribution in [0.5, 0.6) is 0 Å². The summed E-state index contributed by atoms with van der Waals surface area (Å²) in [4.78, 5) is 12.0. The number of nitrogens with zero attached hydrogens (tertiary/aromatic N) is 1. The molecule has 3 rings (SSSR count). The number of benzene rings is 2. The molecule has 0 aliphatic carbocycles. The smallest absolute Gasteiger partial charge is 0.334 e. The lowest BCUT2D eigenvalue weighted by Crippen LogP contribution is -2.28. The Morgan fingerprint density at radius 1 is 1.12 bits per heavy atom. The second-order valence-electron chi connectivity index (χ2n) is 5.06. The van der Waals surface area contributed by atoms with Crippen LogP contribution in [0, 0.1) is 0 Å². The molecular weight excluding hydrogens is 339 g/mol. The summed E-state index contributed by atoms with van der Waals surface area (Å²) in [6, 6.07) is 9.65. The number of alkyl halides is 3. The molecule has 0 aliphatic rings. The molecule has 2 aromatic carbocycles. The van der Waals surface area contributed by atoms with Gasteiger partial charge >= 0.3 is 12.2 Å². The molecule has 0 saturated heterocycles. The van der Waals surface area contributed by atoms with Crippen LogP contribution >= 0.6 is 11.5 Å². The van der Waals surface area contributed by atoms with Gasteiger partial charge in [-0.1, -0.05) is 24.3 Å². The van der Waals surface area contributed by atoms with Gasteiger partial charge in [0.05, 0.1) is 11.3 Å². The van der Waals surface area contributed by atoms with Crippen molar-refractivity contribution in [2.24, 2.45) is 0 Å². The lowest BCUT2D eigenvalue weighted by molar-refractivity contribution is -0.137. The Hall–Kier alpha value is -2.61. The first-order valence-electron chi connectivity index (χ1n) is 6.97. The number of carbonyl (C=O) groups excluding carboxylic acids is 1. The van der Waals surface area contributed by atoms with Gasteiger partial charge in [-0.3, -0.25) is 0 Å². The van der Waals surface area contributed by atoms with Crippen molar-refractivity contribution >= 4 is 34.2 Å². The Balaban J connectivity index is 1.61. The van der Waals surface area contributed by atoms with Crippen LogP contribution in [-0.2, 0) is 12.7 Å². The van der Waals surface area contributed by atoms with Gasteiger partial charge in [0.15, 0.2) is 0 Å². The molecular formula is C16H12F3N3OS. The van der Waals surface area contributed by atoms with Crippen LogP contribution in [-0.4, -0.2) is 10.4 Å². The number of nitrogens with one attached hydrogen (secondary N) is 2. The predicted molar refractivity (Wildman–Crippen MR) is 86.9 cm³/mol. The molecule has 4 nitrogen and oxygen atoms in total. The number of anilines is 1. The van der Waals surface area contributed by atoms with E-state index in [1.165, 1.54) is 23.7 Å². The zero-order chi connectivity index (χ0) is 17.2. The average molecular weight is 351 g/mol. The minimum Gasteiger partial charge on any atom is -0.334 e. The fourth-order valence-electron chi connectivity index (χ4n) is 2.16. The first-order chi connectivity index (χ1) is 11.4. The van der Waals surface area contributed by atoms with Crippen molar-refractivity contribution in [1.82, 2.24) is 9.69 Å². The van der Waals surface area contributed by atoms with E-state index in [-0.39, 0.29) is 6.54 Å². The Kier molecular flexibility index (Phi) is 4.39. The summed E-state index contributed by atoms with van der Waals surface area (Å²) >= 11 is 1.29. The summed E-state index contributed by atoms with van der Waals surface area (Å²) in [5, 5.41) is 8.10. The van der Waals surface area contributed by atoms with Crippen LogP contribution in [0.3, 0.4) is 0 Å². The molecule has 0 bridgehead atoms. The largest absolute Gasteiger partial charge is 0.416 e. The van der Waals surface area contributed by atoms with Crippen LogP contribution in [0.15, 0.2) is 47.8 Å². The molecule has 2 amide bonds. The van der Waals surface area contributed by atoms with Gasteiger partial charge < -0.3 is 10.6 Å². The number of hydrogen-bond donors (Lipinski definition) is 2. The molecule has 0 unspecified atom stereocenters. The zero-order valence-electron chi connectivity index (χ0n) is 12.2. The van der Waals surface area contributed by atoms with Crippen molar-refractivity contribution in [2.75, 3.05) is 5.32 Å². The molecule has 0 atom stereocenters. The van der Waals surface area contributed by atoms with E-state index in [0.29, 0.717) is 16.8 Å². The maximum Gasteiger partial charge on any atom is 0.416 e. The molecule has 24 heavy (non-hydrogen) atoms. The molecule has 0 aliphatic heterocycles. The van der Waals surface area contributed by atoms with E-state index in [0.717, 1.165) is 17.5 Å². The van der Waals surface area contributed by atoms with Crippen LogP contribution in [0.25, 0.3) is 10.9 Å². The maximum absolute atomic E-state index is 12.5. The SMILES string of the molecule is O=C(NCc1ccc(C(F)(F)F)cc1)Nc1cccc2csnc12. The lowest BCUT2D eigenvalue weighted by atomic mass is 10.1. The summed E-state index contributed by atoms with van der Waals surface area (Å²) in [6.07, 6.45) is -4.37. The standard InChI is InChI=1S/C16H12F3N3OS/c17-16(18,19)12-6-4-10(5-7-12)8-20-15(23)21-13-3-1-2-11-9-24-22-14(11)13/h1-7,9H,8H2,(H2,20,21,23). The molecule has 0 spiro atoms. The number of fused-ring (bicyclic) bond motifs is 1. The lowest BCUT2D eigenvalue weighted by Gasteiger charge is -2.10. The Bertz CT molecular complexity index is 859. The van der Waals surface area contributed by atoms with Crippen molar-refractivity contribution in [1.29, 1.82) is 0 Å². The van der Waals surface area contributed by atoms with E-state index in [4.69, 9.17) is 0 Å². The van der Waals surface area contributed by atoms with Crippen molar-refractivity contribution in [3.63, 3.8) is 0 Å². The molecule has 2 N–H and O–H groups in total. The highest BCUT2D eigenvalue weighted by Crippen LogP contribution is 2.29. The number of aromatic nitrogens is 1. The van der Waals surface area contributed by atoms with Gasteiger partial charge in [0.25, 0.3) is 0 Å². The van der Waals surface area contributed by atoms with E-state index in [1.807, 2.05) is 17.5 Å². The first kappa shape index (κ1) is 16.3. The summed E-state index contributed by atoms with van der Waals surface area (Å²) in [7, 11) is 0. The molecule has 0 radical (unpaired) electrons. The van der Waals surface area contributed by atoms with Crippen molar-refractivity contribution in [3.8, 4) is 0 Å². The molecule has 8 heteroatoms. The van der Waals surface area contributed by atoms with E-state index < -0.39 is 17.8 Å². The third kappa shape index (κ3) is 3.65. The Labute approximate surface area is 139 Å². The monoisotopic (exact) mass is 351 g/mol. The van der Waals surface area contributed by atoms with E-state index >= 15 is 0 Å². The van der Waals surface area contributed by atoms with Crippen LogP contribution < -0.4 is 10.6 Å². The van der Waals surface area contributed by atoms with Gasteiger partial charge in [-0.25, -0.2) is 4.79 Å². The van der Waals surface area contributed by atoms with Crippen LogP contribution in [0.1, 0.15) is 11.1 Å². The van der Waals surface area contributed by atoms with Gasteiger partial charge in [0.1, 0.15) is 5.52 Å². The third-order valence-electron chi connectivity index (χ3n) is 3.37. The molecule has 1 heterocycles. The van der Waals surface area contributed by atoms with Gasteiger partial charge in [-0.05, 0) is 35.3 Å². The third-order valence-corrected chi connectivity index (χ3v) is 4.02. The number of hydrogen-bond acceptors (Lipinski definition) is 3. The topological polar surface area (TPSA) is 54.0 Å². The summed E-state index contributed by atoms with van der Waals surface area (Å²) in [5.41, 5.74) is 1.14. The summed E-state index contributed by atoms with van der Waals surface area (Å²) < 4.78 is 41.7. The molecule has 0 saturated carbocycles. The van der Waals surface area contributed by atoms with E-state index in [1.54, 1.807) is 6.07 Å². The Morgan fingerprint density at radius 2 is 1.88 bits per heavy atom. The normalized spacial score (nSPS) is 11.5. The molecule has 3 aromatic rings. The summed E-state index contributed by atoms with van der Waals surface area (Å²) in [6.45, 7) is 0.122. The van der Waals surface area contributed by atoms with E-state index in [9.17, 15) is 18.0 Å². The minimum atomic E-state index is -4.37. The van der Waals surface area contributed by atoms with Gasteiger partial charge in [-0.15, -0.1) is 0 Å². The number of rotatable bonds is 3. The summed E-state index contributed by atoms with van der Waals surface area (Å²) in [5.74, 6) is 0. The highest BCUT2D eigenvalue weighted by Gasteiger charge is 2.29. The minimum absolute atomic E-state index is 0.122. The predicted octanol–water partition coefficient (Wildman–Crippen LogP) is 4.64. The van der Waals surface area contributed by atoms with Crippen molar-refractivity contribution in [3.05, 3.63) is 59.0 Å². The van der Waals surface area contributed by atoms with Crippen molar-refractivity contribution < 1.29 is 18.0 Å². The molecule has 1 aromatic heterocycles. The number of carbonyl (C=O) groups is 1. The number of amides is 2. The highest BCUT2D eigenvalue weighted by molar-refractivity contribution is 7.04. The quantitative estimate of drug-likeness (QED) is 0.722. The number of urea groups is 1. The zero-order valence-corrected chi connectivity index (χ0v) is 13.0. The van der Waals surface area contributed by atoms with Crippen LogP contribution in [0.4, 0.5) is 23.7 Å². The van der Waals surface area contributed by atoms with Gasteiger partial charge in [0, 0.05) is 17.3 Å². The Morgan fingerprint density at radius 3 is 2.58 bits per heavy atom. The molecule has 0 fully saturated rings. The molecule has 124 valence electrons. The van der Waals surface area contributed by atoms with Gasteiger partial charge in [-0.2, -0.15) is 17.5 Å². The first-order valence-corrected chi connectivity index (χ1v) is 7.81. The van der Waals surface area contributed by atoms with E-state index in [2.05, 4.69) is 15.0 Å². The maximum atomic E-state index is 12.5. The second-order valence-corrected chi connectivity index (χ2v) is 5.69. The fourth-order valence-corrected chi connectivity index (χ4v) is 2.82. The van der Waals surface area contributed by atoms with Crippen molar-refractivity contribution in [2.45, 2.75) is 12.7 Å². The average Bonchev–Trinajstić information content (AvgIpc) is 3.02. The number of halogens is 3. The highest BCUT2D eigenvalue weighted by atomic mass is 32.1.